The van der Waals surface area contributed by atoms with Crippen LogP contribution in [0.15, 0.2) is 29.2 Å². The molecule has 1 rings (SSSR count). The molecule has 0 saturated carbocycles. The summed E-state index contributed by atoms with van der Waals surface area (Å²) in [6, 6.07) is 5.83. The van der Waals surface area contributed by atoms with Crippen LogP contribution >= 0.6 is 0 Å². The van der Waals surface area contributed by atoms with Crippen LogP contribution in [0.25, 0.3) is 0 Å². The molecule has 0 aliphatic rings. The van der Waals surface area contributed by atoms with Crippen molar-refractivity contribution < 1.29 is 23.4 Å². The zero-order valence-electron chi connectivity index (χ0n) is 13.1. The number of Topliss-reactive ketones (excluding diaryl/α,β-unsaturated/α-hetero) is 1. The first-order valence-corrected chi connectivity index (χ1v) is 8.45. The number of rotatable bonds is 7. The van der Waals surface area contributed by atoms with Gasteiger partial charge in [0, 0.05) is 24.1 Å². The maximum atomic E-state index is 12.5. The van der Waals surface area contributed by atoms with Crippen LogP contribution in [0.3, 0.4) is 0 Å². The molecule has 1 aromatic carbocycles. The molecule has 0 unspecified atom stereocenters. The number of nitrogens with zero attached hydrogens (tertiary/aromatic N) is 1. The van der Waals surface area contributed by atoms with E-state index in [0.29, 0.717) is 5.56 Å². The molecule has 0 spiro atoms. The van der Waals surface area contributed by atoms with Gasteiger partial charge < -0.3 is 10.2 Å². The van der Waals surface area contributed by atoms with Crippen molar-refractivity contribution in [1.29, 1.82) is 0 Å². The molecule has 124 valence electrons. The third-order valence-corrected chi connectivity index (χ3v) is 5.01. The number of hydrogen-bond donors (Lipinski definition) is 2. The fourth-order valence-electron chi connectivity index (χ4n) is 1.96. The molecular weight excluding hydrogens is 306 g/mol. The molecular formula is C15H23NO5S. The van der Waals surface area contributed by atoms with Gasteiger partial charge in [0.1, 0.15) is 0 Å². The highest BCUT2D eigenvalue weighted by atomic mass is 32.2. The molecule has 7 heteroatoms. The van der Waals surface area contributed by atoms with Crippen LogP contribution in [0.5, 0.6) is 0 Å². The maximum Gasteiger partial charge on any atom is 0.243 e. The SMILES string of the molecule is CC(C)(C)C(=O)c1cccc(S(=O)(=O)N(CCO)CCO)c1. The van der Waals surface area contributed by atoms with Gasteiger partial charge in [0.25, 0.3) is 0 Å². The van der Waals surface area contributed by atoms with Crippen LogP contribution in [-0.2, 0) is 10.0 Å². The molecule has 0 saturated heterocycles. The molecule has 0 atom stereocenters. The quantitative estimate of drug-likeness (QED) is 0.725. The van der Waals surface area contributed by atoms with Crippen molar-refractivity contribution in [2.24, 2.45) is 5.41 Å². The summed E-state index contributed by atoms with van der Waals surface area (Å²) < 4.78 is 26.1. The van der Waals surface area contributed by atoms with Crippen molar-refractivity contribution in [2.75, 3.05) is 26.3 Å². The van der Waals surface area contributed by atoms with Crippen molar-refractivity contribution in [1.82, 2.24) is 4.31 Å². The van der Waals surface area contributed by atoms with Crippen LogP contribution in [0.2, 0.25) is 0 Å². The average Bonchev–Trinajstić information content (AvgIpc) is 2.45. The first-order chi connectivity index (χ1) is 10.1. The third kappa shape index (κ3) is 4.36. The molecule has 22 heavy (non-hydrogen) atoms. The third-order valence-electron chi connectivity index (χ3n) is 3.11. The van der Waals surface area contributed by atoms with Crippen LogP contribution in [-0.4, -0.2) is 55.0 Å². The van der Waals surface area contributed by atoms with Crippen molar-refractivity contribution in [3.63, 3.8) is 0 Å². The van der Waals surface area contributed by atoms with Crippen LogP contribution in [0, 0.1) is 5.41 Å². The molecule has 0 radical (unpaired) electrons. The van der Waals surface area contributed by atoms with E-state index in [1.165, 1.54) is 18.2 Å². The van der Waals surface area contributed by atoms with E-state index in [9.17, 15) is 13.2 Å². The van der Waals surface area contributed by atoms with E-state index in [1.807, 2.05) is 0 Å². The van der Waals surface area contributed by atoms with E-state index in [2.05, 4.69) is 0 Å². The smallest absolute Gasteiger partial charge is 0.243 e. The second-order valence-electron chi connectivity index (χ2n) is 5.96. The van der Waals surface area contributed by atoms with E-state index in [4.69, 9.17) is 10.2 Å². The second-order valence-corrected chi connectivity index (χ2v) is 7.90. The summed E-state index contributed by atoms with van der Waals surface area (Å²) in [4.78, 5) is 12.3. The Morgan fingerprint density at radius 2 is 1.68 bits per heavy atom. The van der Waals surface area contributed by atoms with Gasteiger partial charge in [-0.2, -0.15) is 4.31 Å². The largest absolute Gasteiger partial charge is 0.395 e. The number of carbonyl (C=O) groups excluding carboxylic acids is 1. The molecule has 2 N–H and O–H groups in total. The summed E-state index contributed by atoms with van der Waals surface area (Å²) in [5, 5.41) is 18.0. The number of hydrogen-bond acceptors (Lipinski definition) is 5. The van der Waals surface area contributed by atoms with E-state index in [-0.39, 0.29) is 37.0 Å². The molecule has 0 aromatic heterocycles. The number of benzene rings is 1. The number of sulfonamides is 1. The molecule has 0 aliphatic carbocycles. The van der Waals surface area contributed by atoms with Crippen molar-refractivity contribution >= 4 is 15.8 Å². The number of carbonyl (C=O) groups is 1. The second kappa shape index (κ2) is 7.32. The zero-order valence-corrected chi connectivity index (χ0v) is 13.9. The summed E-state index contributed by atoms with van der Waals surface area (Å²) in [5.41, 5.74) is -0.292. The van der Waals surface area contributed by atoms with Gasteiger partial charge >= 0.3 is 0 Å². The molecule has 1 aromatic rings. The van der Waals surface area contributed by atoms with Gasteiger partial charge in [-0.25, -0.2) is 8.42 Å². The Morgan fingerprint density at radius 3 is 2.14 bits per heavy atom. The summed E-state index contributed by atoms with van der Waals surface area (Å²) >= 11 is 0. The molecule has 0 heterocycles. The standard InChI is InChI=1S/C15H23NO5S/c1-15(2,3)14(19)12-5-4-6-13(11-12)22(20,21)16(7-9-17)8-10-18/h4-6,11,17-18H,7-10H2,1-3H3. The Kier molecular flexibility index (Phi) is 6.25. The Hall–Kier alpha value is -1.28. The van der Waals surface area contributed by atoms with Gasteiger partial charge in [-0.05, 0) is 12.1 Å². The predicted molar refractivity (Wildman–Crippen MR) is 83.2 cm³/mol. The van der Waals surface area contributed by atoms with E-state index >= 15 is 0 Å². The van der Waals surface area contributed by atoms with E-state index < -0.39 is 15.4 Å². The van der Waals surface area contributed by atoms with Crippen LogP contribution < -0.4 is 0 Å². The van der Waals surface area contributed by atoms with Crippen LogP contribution in [0.1, 0.15) is 31.1 Å². The predicted octanol–water partition coefficient (Wildman–Crippen LogP) is 0.891. The van der Waals surface area contributed by atoms with Gasteiger partial charge in [0.05, 0.1) is 18.1 Å². The summed E-state index contributed by atoms with van der Waals surface area (Å²) in [5.74, 6) is -0.152. The van der Waals surface area contributed by atoms with Gasteiger partial charge in [0.15, 0.2) is 5.78 Å². The number of aliphatic hydroxyl groups excluding tert-OH is 2. The molecule has 6 nitrogen and oxygen atoms in total. The van der Waals surface area contributed by atoms with Crippen molar-refractivity contribution in [2.45, 2.75) is 25.7 Å². The van der Waals surface area contributed by atoms with Crippen molar-refractivity contribution in [3.8, 4) is 0 Å². The highest BCUT2D eigenvalue weighted by Gasteiger charge is 2.27. The summed E-state index contributed by atoms with van der Waals surface area (Å²) in [6.07, 6.45) is 0. The first-order valence-electron chi connectivity index (χ1n) is 7.01. The maximum absolute atomic E-state index is 12.5. The van der Waals surface area contributed by atoms with Gasteiger partial charge in [-0.15, -0.1) is 0 Å². The Balaban J connectivity index is 3.23. The fourth-order valence-corrected chi connectivity index (χ4v) is 3.42. The van der Waals surface area contributed by atoms with E-state index in [1.54, 1.807) is 26.8 Å². The van der Waals surface area contributed by atoms with Crippen LogP contribution in [0.4, 0.5) is 0 Å². The lowest BCUT2D eigenvalue weighted by atomic mass is 9.87. The Labute approximate surface area is 131 Å². The Bertz CT molecular complexity index is 613. The lowest BCUT2D eigenvalue weighted by molar-refractivity contribution is 0.0858. The highest BCUT2D eigenvalue weighted by molar-refractivity contribution is 7.89. The lowest BCUT2D eigenvalue weighted by Crippen LogP contribution is -2.36. The molecule has 0 amide bonds. The average molecular weight is 329 g/mol. The number of aliphatic hydroxyl groups is 2. The number of ketones is 1. The topological polar surface area (TPSA) is 94.9 Å². The van der Waals surface area contributed by atoms with Gasteiger partial charge in [-0.1, -0.05) is 32.9 Å². The molecule has 0 fully saturated rings. The normalized spacial score (nSPS) is 12.6. The van der Waals surface area contributed by atoms with Gasteiger partial charge in [0.2, 0.25) is 10.0 Å². The first kappa shape index (κ1) is 18.8. The van der Waals surface area contributed by atoms with E-state index in [0.717, 1.165) is 4.31 Å². The monoisotopic (exact) mass is 329 g/mol. The summed E-state index contributed by atoms with van der Waals surface area (Å²) in [6.45, 7) is 4.38. The van der Waals surface area contributed by atoms with Gasteiger partial charge in [-0.3, -0.25) is 4.79 Å². The zero-order chi connectivity index (χ0) is 17.0. The minimum atomic E-state index is -3.87. The van der Waals surface area contributed by atoms with Crippen molar-refractivity contribution in [3.05, 3.63) is 29.8 Å². The minimum Gasteiger partial charge on any atom is -0.395 e. The molecule has 0 aliphatic heterocycles. The highest BCUT2D eigenvalue weighted by Crippen LogP contribution is 2.23. The molecule has 0 bridgehead atoms. The lowest BCUT2D eigenvalue weighted by Gasteiger charge is -2.21. The fraction of sp³-hybridized carbons (Fsp3) is 0.533. The Morgan fingerprint density at radius 1 is 1.14 bits per heavy atom. The minimum absolute atomic E-state index is 0.0236. The summed E-state index contributed by atoms with van der Waals surface area (Å²) in [7, 11) is -3.87.